The Bertz CT molecular complexity index is 1600. The highest BCUT2D eigenvalue weighted by molar-refractivity contribution is 6.00. The number of rotatable bonds is 10. The fourth-order valence-electron chi connectivity index (χ4n) is 13.1. The molecule has 52 heavy (non-hydrogen) atoms. The highest BCUT2D eigenvalue weighted by Crippen LogP contribution is 2.77. The zero-order valence-corrected chi connectivity index (χ0v) is 33.6. The number of carboxylic acid groups (broad SMARTS) is 1. The van der Waals surface area contributed by atoms with Crippen molar-refractivity contribution in [1.82, 2.24) is 10.3 Å². The Labute approximate surface area is 312 Å². The van der Waals surface area contributed by atoms with Crippen molar-refractivity contribution in [2.24, 2.45) is 56.2 Å². The van der Waals surface area contributed by atoms with Crippen molar-refractivity contribution in [3.63, 3.8) is 0 Å². The van der Waals surface area contributed by atoms with Crippen molar-refractivity contribution in [2.75, 3.05) is 6.54 Å². The van der Waals surface area contributed by atoms with Gasteiger partial charge < -0.3 is 20.3 Å². The van der Waals surface area contributed by atoms with Gasteiger partial charge in [-0.1, -0.05) is 60.1 Å². The van der Waals surface area contributed by atoms with Crippen molar-refractivity contribution in [1.29, 1.82) is 0 Å². The van der Waals surface area contributed by atoms with E-state index in [0.29, 0.717) is 24.8 Å². The van der Waals surface area contributed by atoms with Gasteiger partial charge >= 0.3 is 11.9 Å². The van der Waals surface area contributed by atoms with Crippen LogP contribution in [-0.2, 0) is 19.1 Å². The van der Waals surface area contributed by atoms with E-state index in [1.807, 2.05) is 18.2 Å². The molecule has 0 amide bonds. The fraction of sp³-hybridized carbons (Fsp3) is 0.773. The Morgan fingerprint density at radius 3 is 2.31 bits per heavy atom. The summed E-state index contributed by atoms with van der Waals surface area (Å²) < 4.78 is 6.17. The van der Waals surface area contributed by atoms with E-state index < -0.39 is 28.9 Å². The van der Waals surface area contributed by atoms with Crippen LogP contribution in [0.25, 0.3) is 0 Å². The molecule has 5 aliphatic carbocycles. The SMILES string of the molecule is CC(C)C1=C2[C@H]3CC[C@@H]4[C@@]5(C)CC[C@H](OC(=O)CC(C)(C)C(=O)O)C(C)(C)[C@@H]5CC[C@@]4(C)[C@]3(C)CC[C@@]2([C@H](O)CNC(C)c2ccccn2)CC1=O. The van der Waals surface area contributed by atoms with Crippen LogP contribution in [0.15, 0.2) is 35.5 Å². The number of aliphatic hydroxyl groups is 1. The van der Waals surface area contributed by atoms with Crippen LogP contribution in [0.1, 0.15) is 145 Å². The summed E-state index contributed by atoms with van der Waals surface area (Å²) in [6, 6.07) is 5.89. The second kappa shape index (κ2) is 13.3. The molecule has 0 aromatic carbocycles. The molecule has 0 bridgehead atoms. The molecule has 0 radical (unpaired) electrons. The molecule has 0 spiro atoms. The number of hydrogen-bond acceptors (Lipinski definition) is 7. The molecule has 10 atom stereocenters. The Balaban J connectivity index is 1.27. The summed E-state index contributed by atoms with van der Waals surface area (Å²) in [6.45, 7) is 22.1. The zero-order valence-electron chi connectivity index (χ0n) is 33.6. The summed E-state index contributed by atoms with van der Waals surface area (Å²) in [5.41, 5.74) is 1.37. The first kappa shape index (κ1) is 39.1. The predicted octanol–water partition coefficient (Wildman–Crippen LogP) is 8.49. The summed E-state index contributed by atoms with van der Waals surface area (Å²) in [4.78, 5) is 43.4. The van der Waals surface area contributed by atoms with Gasteiger partial charge in [0, 0.05) is 36.0 Å². The Hall–Kier alpha value is -2.58. The van der Waals surface area contributed by atoms with Gasteiger partial charge in [-0.25, -0.2) is 0 Å². The van der Waals surface area contributed by atoms with Crippen molar-refractivity contribution >= 4 is 17.7 Å². The van der Waals surface area contributed by atoms with Gasteiger partial charge in [0.2, 0.25) is 0 Å². The van der Waals surface area contributed by atoms with Gasteiger partial charge in [0.25, 0.3) is 0 Å². The maximum atomic E-state index is 14.1. The molecule has 6 rings (SSSR count). The quantitative estimate of drug-likeness (QED) is 0.206. The van der Waals surface area contributed by atoms with Crippen molar-refractivity contribution in [3.05, 3.63) is 41.2 Å². The van der Waals surface area contributed by atoms with E-state index in [9.17, 15) is 24.6 Å². The summed E-state index contributed by atoms with van der Waals surface area (Å²) >= 11 is 0. The smallest absolute Gasteiger partial charge is 0.309 e. The highest BCUT2D eigenvalue weighted by atomic mass is 16.5. The van der Waals surface area contributed by atoms with Crippen LogP contribution in [0.5, 0.6) is 0 Å². The number of ether oxygens (including phenoxy) is 1. The van der Waals surface area contributed by atoms with E-state index in [0.717, 1.165) is 62.6 Å². The third kappa shape index (κ3) is 5.92. The number of hydrogen-bond donors (Lipinski definition) is 3. The lowest BCUT2D eigenvalue weighted by molar-refractivity contribution is -0.235. The Kier molecular flexibility index (Phi) is 10.0. The van der Waals surface area contributed by atoms with E-state index >= 15 is 0 Å². The molecular weight excluding hydrogens is 652 g/mol. The minimum atomic E-state index is -1.16. The summed E-state index contributed by atoms with van der Waals surface area (Å²) in [5, 5.41) is 25.4. The number of Topliss-reactive ketones (excluding diaryl/α,β-unsaturated/α-hetero) is 1. The number of pyridine rings is 1. The topological polar surface area (TPSA) is 126 Å². The van der Waals surface area contributed by atoms with E-state index in [2.05, 4.69) is 65.7 Å². The minimum absolute atomic E-state index is 0.0139. The van der Waals surface area contributed by atoms with E-state index in [4.69, 9.17) is 4.74 Å². The van der Waals surface area contributed by atoms with E-state index in [1.54, 1.807) is 20.0 Å². The number of aliphatic carboxylic acids is 1. The van der Waals surface area contributed by atoms with Gasteiger partial charge in [0.15, 0.2) is 5.78 Å². The fourth-order valence-corrected chi connectivity index (χ4v) is 13.1. The Morgan fingerprint density at radius 2 is 1.67 bits per heavy atom. The largest absolute Gasteiger partial charge is 0.481 e. The van der Waals surface area contributed by atoms with Crippen LogP contribution in [0.3, 0.4) is 0 Å². The number of ketones is 1. The number of allylic oxidation sites excluding steroid dienone is 1. The lowest BCUT2D eigenvalue weighted by atomic mass is 9.33. The number of nitrogens with one attached hydrogen (secondary N) is 1. The molecular formula is C44H66N2O6. The molecule has 3 N–H and O–H groups in total. The number of aromatic nitrogens is 1. The predicted molar refractivity (Wildman–Crippen MR) is 202 cm³/mol. The second-order valence-corrected chi connectivity index (χ2v) is 20.0. The van der Waals surface area contributed by atoms with Crippen molar-refractivity contribution < 1.29 is 29.3 Å². The monoisotopic (exact) mass is 718 g/mol. The molecule has 1 heterocycles. The number of nitrogens with zero attached hydrogens (tertiary/aromatic N) is 1. The number of carbonyl (C=O) groups is 3. The van der Waals surface area contributed by atoms with Crippen LogP contribution in [0.4, 0.5) is 0 Å². The number of fused-ring (bicyclic) bond motifs is 7. The molecule has 1 aromatic heterocycles. The average Bonchev–Trinajstić information content (AvgIpc) is 3.38. The minimum Gasteiger partial charge on any atom is -0.481 e. The van der Waals surface area contributed by atoms with Gasteiger partial charge in [-0.15, -0.1) is 0 Å². The first-order valence-corrected chi connectivity index (χ1v) is 20.2. The molecule has 288 valence electrons. The molecule has 4 saturated carbocycles. The molecule has 5 aliphatic rings. The van der Waals surface area contributed by atoms with Crippen molar-refractivity contribution in [2.45, 2.75) is 152 Å². The maximum absolute atomic E-state index is 14.1. The Morgan fingerprint density at radius 1 is 0.962 bits per heavy atom. The van der Waals surface area contributed by atoms with Crippen LogP contribution in [-0.4, -0.2) is 51.7 Å². The van der Waals surface area contributed by atoms with Crippen molar-refractivity contribution in [3.8, 4) is 0 Å². The van der Waals surface area contributed by atoms with Gasteiger partial charge in [-0.05, 0) is 130 Å². The zero-order chi connectivity index (χ0) is 38.2. The van der Waals surface area contributed by atoms with Gasteiger partial charge in [-0.3, -0.25) is 19.4 Å². The standard InChI is InChI=1S/C44H66N2O6/c1-26(2)36-30(47)23-44(33(48)25-46-27(3)29-13-11-12-22-45-29)21-20-42(9)28(37(36)44)14-15-32-41(8)18-17-34(52-35(49)24-39(4,5)38(50)51)40(6,7)31(41)16-19-43(32,42)10/h11-13,22,26-28,31-34,46,48H,14-21,23-25H2,1-10H3,(H,50,51)/t27?,28-,31+,32-,33-,34+,41+,42-,43-,44+/m1/s1. The molecule has 4 fully saturated rings. The van der Waals surface area contributed by atoms with Crippen LogP contribution in [0.2, 0.25) is 0 Å². The number of aliphatic hydroxyl groups excluding tert-OH is 1. The first-order valence-electron chi connectivity index (χ1n) is 20.2. The summed E-state index contributed by atoms with van der Waals surface area (Å²) in [5.74, 6) is 0.0333. The third-order valence-electron chi connectivity index (χ3n) is 16.2. The molecule has 0 aliphatic heterocycles. The third-order valence-corrected chi connectivity index (χ3v) is 16.2. The maximum Gasteiger partial charge on any atom is 0.309 e. The molecule has 0 saturated heterocycles. The number of esters is 1. The first-order chi connectivity index (χ1) is 24.2. The van der Waals surface area contributed by atoms with E-state index in [-0.39, 0.29) is 57.8 Å². The average molecular weight is 719 g/mol. The normalized spacial score (nSPS) is 38.1. The number of carboxylic acids is 1. The lowest BCUT2D eigenvalue weighted by Gasteiger charge is -2.72. The van der Waals surface area contributed by atoms with Gasteiger partial charge in [0.1, 0.15) is 6.10 Å². The van der Waals surface area contributed by atoms with Crippen LogP contribution >= 0.6 is 0 Å². The highest BCUT2D eigenvalue weighted by Gasteiger charge is 2.70. The van der Waals surface area contributed by atoms with Gasteiger partial charge in [-0.2, -0.15) is 0 Å². The molecule has 8 heteroatoms. The molecule has 1 unspecified atom stereocenters. The van der Waals surface area contributed by atoms with Crippen LogP contribution < -0.4 is 5.32 Å². The summed E-state index contributed by atoms with van der Waals surface area (Å²) in [7, 11) is 0. The number of carbonyl (C=O) groups excluding carboxylic acids is 2. The van der Waals surface area contributed by atoms with E-state index in [1.165, 1.54) is 5.57 Å². The van der Waals surface area contributed by atoms with Gasteiger partial charge in [0.05, 0.1) is 23.6 Å². The van der Waals surface area contributed by atoms with Crippen LogP contribution in [0, 0.1) is 56.2 Å². The molecule has 8 nitrogen and oxygen atoms in total. The summed E-state index contributed by atoms with van der Waals surface area (Å²) in [6.07, 6.45) is 8.95. The lowest BCUT2D eigenvalue weighted by Crippen LogP contribution is -2.66. The molecule has 1 aromatic rings. The second-order valence-electron chi connectivity index (χ2n) is 20.0.